The molecule has 4 nitrogen and oxygen atoms in total. The Kier molecular flexibility index (Phi) is 3.97. The predicted molar refractivity (Wildman–Crippen MR) is 96.0 cm³/mol. The molecule has 0 bridgehead atoms. The van der Waals surface area contributed by atoms with E-state index in [4.69, 9.17) is 5.11 Å². The third kappa shape index (κ3) is 3.08. The number of rotatable bonds is 3. The summed E-state index contributed by atoms with van der Waals surface area (Å²) in [7, 11) is 0. The molecule has 1 N–H and O–H groups in total. The van der Waals surface area contributed by atoms with Gasteiger partial charge in [0, 0.05) is 17.8 Å². The van der Waals surface area contributed by atoms with Crippen LogP contribution in [0.4, 0.5) is 0 Å². The van der Waals surface area contributed by atoms with Crippen molar-refractivity contribution in [2.45, 2.75) is 26.2 Å². The summed E-state index contributed by atoms with van der Waals surface area (Å²) < 4.78 is 1.90. The standard InChI is InChI=1S/C20H20N2O2/c1-20(2,3)15-9-7-14(8-10-15)19-16(11-12-18(23)24)22-13-5-4-6-17(22)21-19/h4-13H,1-3H3,(H,23,24)/b12-11+. The molecule has 0 aliphatic rings. The molecule has 0 radical (unpaired) electrons. The van der Waals surface area contributed by atoms with Crippen molar-refractivity contribution in [2.24, 2.45) is 0 Å². The molecule has 0 saturated heterocycles. The van der Waals surface area contributed by atoms with Crippen LogP contribution in [-0.2, 0) is 10.2 Å². The molecule has 0 aliphatic heterocycles. The quantitative estimate of drug-likeness (QED) is 0.728. The van der Waals surface area contributed by atoms with Crippen LogP contribution in [0.3, 0.4) is 0 Å². The summed E-state index contributed by atoms with van der Waals surface area (Å²) in [6.45, 7) is 6.52. The molecule has 0 atom stereocenters. The third-order valence-electron chi connectivity index (χ3n) is 3.98. The highest BCUT2D eigenvalue weighted by atomic mass is 16.4. The molecule has 122 valence electrons. The number of hydrogen-bond donors (Lipinski definition) is 1. The van der Waals surface area contributed by atoms with Crippen molar-refractivity contribution in [1.29, 1.82) is 0 Å². The van der Waals surface area contributed by atoms with Crippen LogP contribution in [0.15, 0.2) is 54.7 Å². The normalized spacial score (nSPS) is 12.1. The van der Waals surface area contributed by atoms with Gasteiger partial charge in [-0.05, 0) is 29.2 Å². The van der Waals surface area contributed by atoms with Gasteiger partial charge in [-0.25, -0.2) is 9.78 Å². The van der Waals surface area contributed by atoms with Crippen LogP contribution >= 0.6 is 0 Å². The van der Waals surface area contributed by atoms with E-state index in [9.17, 15) is 4.79 Å². The summed E-state index contributed by atoms with van der Waals surface area (Å²) in [6.07, 6.45) is 4.62. The van der Waals surface area contributed by atoms with Gasteiger partial charge in [0.05, 0.1) is 11.4 Å². The predicted octanol–water partition coefficient (Wildman–Crippen LogP) is 4.40. The Morgan fingerprint density at radius 1 is 1.12 bits per heavy atom. The van der Waals surface area contributed by atoms with Crippen molar-refractivity contribution in [2.75, 3.05) is 0 Å². The third-order valence-corrected chi connectivity index (χ3v) is 3.98. The van der Waals surface area contributed by atoms with E-state index >= 15 is 0 Å². The number of pyridine rings is 1. The van der Waals surface area contributed by atoms with Crippen molar-refractivity contribution in [3.63, 3.8) is 0 Å². The highest BCUT2D eigenvalue weighted by molar-refractivity contribution is 5.87. The monoisotopic (exact) mass is 320 g/mol. The van der Waals surface area contributed by atoms with Gasteiger partial charge in [0.15, 0.2) is 0 Å². The molecule has 0 fully saturated rings. The molecule has 0 spiro atoms. The smallest absolute Gasteiger partial charge is 0.328 e. The first kappa shape index (κ1) is 16.0. The summed E-state index contributed by atoms with van der Waals surface area (Å²) in [4.78, 5) is 15.6. The first-order valence-corrected chi connectivity index (χ1v) is 7.85. The highest BCUT2D eigenvalue weighted by Gasteiger charge is 2.15. The van der Waals surface area contributed by atoms with Crippen LogP contribution in [0, 0.1) is 0 Å². The van der Waals surface area contributed by atoms with E-state index in [1.54, 1.807) is 6.08 Å². The highest BCUT2D eigenvalue weighted by Crippen LogP contribution is 2.29. The van der Waals surface area contributed by atoms with E-state index in [1.165, 1.54) is 5.56 Å². The minimum Gasteiger partial charge on any atom is -0.478 e. The first-order chi connectivity index (χ1) is 11.4. The van der Waals surface area contributed by atoms with Crippen LogP contribution in [0.2, 0.25) is 0 Å². The molecule has 2 aromatic heterocycles. The number of hydrogen-bond acceptors (Lipinski definition) is 2. The average Bonchev–Trinajstić information content (AvgIpc) is 2.91. The number of fused-ring (bicyclic) bond motifs is 1. The maximum atomic E-state index is 10.9. The van der Waals surface area contributed by atoms with E-state index in [0.717, 1.165) is 28.7 Å². The number of carboxylic acid groups (broad SMARTS) is 1. The SMILES string of the molecule is CC(C)(C)c1ccc(-c2nc3ccccn3c2/C=C/C(=O)O)cc1. The second kappa shape index (κ2) is 5.96. The maximum absolute atomic E-state index is 10.9. The zero-order valence-electron chi connectivity index (χ0n) is 14.0. The van der Waals surface area contributed by atoms with Crippen LogP contribution in [-0.4, -0.2) is 20.5 Å². The Morgan fingerprint density at radius 2 is 1.83 bits per heavy atom. The van der Waals surface area contributed by atoms with E-state index in [2.05, 4.69) is 37.9 Å². The van der Waals surface area contributed by atoms with Gasteiger partial charge >= 0.3 is 5.97 Å². The van der Waals surface area contributed by atoms with E-state index in [0.29, 0.717) is 0 Å². The molecule has 3 rings (SSSR count). The van der Waals surface area contributed by atoms with Crippen molar-refractivity contribution in [3.05, 3.63) is 66.0 Å². The molecule has 4 heteroatoms. The van der Waals surface area contributed by atoms with Gasteiger partial charge in [-0.3, -0.25) is 4.40 Å². The second-order valence-electron chi connectivity index (χ2n) is 6.77. The Bertz CT molecular complexity index is 913. The van der Waals surface area contributed by atoms with Crippen LogP contribution < -0.4 is 0 Å². The lowest BCUT2D eigenvalue weighted by atomic mass is 9.86. The van der Waals surface area contributed by atoms with Gasteiger partial charge in [-0.1, -0.05) is 51.1 Å². The minimum atomic E-state index is -0.977. The number of carbonyl (C=O) groups is 1. The number of nitrogens with zero attached hydrogens (tertiary/aromatic N) is 2. The zero-order valence-corrected chi connectivity index (χ0v) is 14.0. The molecule has 0 saturated carbocycles. The number of benzene rings is 1. The van der Waals surface area contributed by atoms with Crippen molar-refractivity contribution < 1.29 is 9.90 Å². The van der Waals surface area contributed by atoms with Crippen LogP contribution in [0.5, 0.6) is 0 Å². The summed E-state index contributed by atoms with van der Waals surface area (Å²) in [6, 6.07) is 14.0. The fourth-order valence-corrected chi connectivity index (χ4v) is 2.66. The molecule has 2 heterocycles. The van der Waals surface area contributed by atoms with E-state index < -0.39 is 5.97 Å². The van der Waals surface area contributed by atoms with E-state index in [1.807, 2.05) is 40.9 Å². The van der Waals surface area contributed by atoms with E-state index in [-0.39, 0.29) is 5.41 Å². The molecule has 24 heavy (non-hydrogen) atoms. The lowest BCUT2D eigenvalue weighted by molar-refractivity contribution is -0.131. The molecule has 3 aromatic rings. The molecule has 1 aromatic carbocycles. The molecule has 0 aliphatic carbocycles. The van der Waals surface area contributed by atoms with Gasteiger partial charge in [-0.2, -0.15) is 0 Å². The van der Waals surface area contributed by atoms with Crippen molar-refractivity contribution >= 4 is 17.7 Å². The summed E-state index contributed by atoms with van der Waals surface area (Å²) >= 11 is 0. The van der Waals surface area contributed by atoms with Crippen LogP contribution in [0.25, 0.3) is 23.0 Å². The summed E-state index contributed by atoms with van der Waals surface area (Å²) in [5.74, 6) is -0.977. The summed E-state index contributed by atoms with van der Waals surface area (Å²) in [5.41, 5.74) is 4.63. The lowest BCUT2D eigenvalue weighted by Crippen LogP contribution is -2.10. The van der Waals surface area contributed by atoms with Gasteiger partial charge in [0.2, 0.25) is 0 Å². The number of aliphatic carboxylic acids is 1. The van der Waals surface area contributed by atoms with Gasteiger partial charge in [-0.15, -0.1) is 0 Å². The Hall–Kier alpha value is -2.88. The molecule has 0 unspecified atom stereocenters. The fraction of sp³-hybridized carbons (Fsp3) is 0.200. The average molecular weight is 320 g/mol. The number of imidazole rings is 1. The topological polar surface area (TPSA) is 54.6 Å². The Labute approximate surface area is 141 Å². The molecular formula is C20H20N2O2. The fourth-order valence-electron chi connectivity index (χ4n) is 2.66. The minimum absolute atomic E-state index is 0.0868. The second-order valence-corrected chi connectivity index (χ2v) is 6.77. The maximum Gasteiger partial charge on any atom is 0.328 e. The summed E-state index contributed by atoms with van der Waals surface area (Å²) in [5, 5.41) is 8.96. The van der Waals surface area contributed by atoms with Crippen molar-refractivity contribution in [1.82, 2.24) is 9.38 Å². The van der Waals surface area contributed by atoms with Crippen molar-refractivity contribution in [3.8, 4) is 11.3 Å². The molecule has 0 amide bonds. The Morgan fingerprint density at radius 3 is 2.46 bits per heavy atom. The Balaban J connectivity index is 2.15. The lowest BCUT2D eigenvalue weighted by Gasteiger charge is -2.19. The van der Waals surface area contributed by atoms with Gasteiger partial charge < -0.3 is 5.11 Å². The van der Waals surface area contributed by atoms with Gasteiger partial charge in [0.25, 0.3) is 0 Å². The van der Waals surface area contributed by atoms with Gasteiger partial charge in [0.1, 0.15) is 5.65 Å². The first-order valence-electron chi connectivity index (χ1n) is 7.85. The zero-order chi connectivity index (χ0) is 17.3. The largest absolute Gasteiger partial charge is 0.478 e. The number of carboxylic acids is 1. The molecular weight excluding hydrogens is 300 g/mol. The number of aromatic nitrogens is 2. The van der Waals surface area contributed by atoms with Crippen LogP contribution in [0.1, 0.15) is 32.0 Å².